The Bertz CT molecular complexity index is 947. The smallest absolute Gasteiger partial charge is 0.119 e. The molecule has 0 spiro atoms. The number of phenols is 2. The highest BCUT2D eigenvalue weighted by Gasteiger charge is 2.39. The zero-order valence-electron chi connectivity index (χ0n) is 23.5. The molecule has 0 fully saturated rings. The van der Waals surface area contributed by atoms with Crippen LogP contribution in [0.3, 0.4) is 0 Å². The van der Waals surface area contributed by atoms with E-state index in [1.165, 1.54) is 0 Å². The number of nitrogens with zero attached hydrogens (tertiary/aromatic N) is 1. The van der Waals surface area contributed by atoms with Crippen LogP contribution >= 0.6 is 0 Å². The number of aromatic hydroxyl groups is 2. The van der Waals surface area contributed by atoms with Crippen LogP contribution in [0, 0.1) is 36.5 Å². The molecule has 0 aliphatic rings. The molecule has 2 aromatic rings. The largest absolute Gasteiger partial charge is 0.508 e. The van der Waals surface area contributed by atoms with Crippen molar-refractivity contribution in [2.75, 3.05) is 0 Å². The molecular weight excluding hydrogens is 434 g/mol. The average molecular weight is 482 g/mol. The van der Waals surface area contributed by atoms with Crippen molar-refractivity contribution >= 4 is 5.71 Å². The summed E-state index contributed by atoms with van der Waals surface area (Å²) >= 11 is 0. The van der Waals surface area contributed by atoms with Crippen LogP contribution in [-0.2, 0) is 0 Å². The molecule has 3 N–H and O–H groups in total. The summed E-state index contributed by atoms with van der Waals surface area (Å²) in [5.41, 5.74) is 4.18. The van der Waals surface area contributed by atoms with Crippen LogP contribution < -0.4 is 0 Å². The van der Waals surface area contributed by atoms with E-state index in [0.29, 0.717) is 5.71 Å². The van der Waals surface area contributed by atoms with Gasteiger partial charge in [-0.25, -0.2) is 0 Å². The first-order valence-corrected chi connectivity index (χ1v) is 12.8. The van der Waals surface area contributed by atoms with E-state index in [0.717, 1.165) is 35.1 Å². The summed E-state index contributed by atoms with van der Waals surface area (Å²) in [6.45, 7) is 21.5. The summed E-state index contributed by atoms with van der Waals surface area (Å²) < 4.78 is 0. The predicted octanol–water partition coefficient (Wildman–Crippen LogP) is 8.56. The molecule has 4 nitrogen and oxygen atoms in total. The minimum atomic E-state index is -0.312. The fraction of sp³-hybridized carbons (Fsp3) is 0.581. The quantitative estimate of drug-likeness (QED) is 0.201. The molecule has 0 heterocycles. The standard InChI is InChI=1S/C31H47NO3/c1-19-11-13-23(25(33)15-19)27(21(3)17-30(5,6)7)29(32-35)28(22(4)18-31(8,9)10)24-14-12-20(2)16-26(24)34/h11-16,21-22,27-28,33-35H,17-18H2,1-10H3. The number of hydrogen-bond acceptors (Lipinski definition) is 4. The fourth-order valence-corrected chi connectivity index (χ4v) is 5.83. The first kappa shape index (κ1) is 28.7. The summed E-state index contributed by atoms with van der Waals surface area (Å²) in [5.74, 6) is -0.0155. The van der Waals surface area contributed by atoms with Gasteiger partial charge < -0.3 is 15.4 Å². The Morgan fingerprint density at radius 2 is 1.06 bits per heavy atom. The van der Waals surface area contributed by atoms with Crippen molar-refractivity contribution in [2.24, 2.45) is 27.8 Å². The van der Waals surface area contributed by atoms with Crippen molar-refractivity contribution in [2.45, 2.75) is 93.9 Å². The van der Waals surface area contributed by atoms with Gasteiger partial charge in [0.25, 0.3) is 0 Å². The summed E-state index contributed by atoms with van der Waals surface area (Å²) in [4.78, 5) is 0. The van der Waals surface area contributed by atoms with Crippen LogP contribution in [-0.4, -0.2) is 21.1 Å². The summed E-state index contributed by atoms with van der Waals surface area (Å²) in [6.07, 6.45) is 1.76. The summed E-state index contributed by atoms with van der Waals surface area (Å²) in [6, 6.07) is 11.5. The monoisotopic (exact) mass is 481 g/mol. The molecule has 35 heavy (non-hydrogen) atoms. The Morgan fingerprint density at radius 1 is 0.714 bits per heavy atom. The van der Waals surface area contributed by atoms with Crippen LogP contribution in [0.5, 0.6) is 11.5 Å². The lowest BCUT2D eigenvalue weighted by atomic mass is 9.67. The third kappa shape index (κ3) is 7.75. The van der Waals surface area contributed by atoms with E-state index in [-0.39, 0.29) is 46.0 Å². The first-order valence-electron chi connectivity index (χ1n) is 12.8. The van der Waals surface area contributed by atoms with Gasteiger partial charge in [0.05, 0.1) is 5.71 Å². The Labute approximate surface area is 213 Å². The molecule has 0 aliphatic carbocycles. The van der Waals surface area contributed by atoms with Crippen molar-refractivity contribution in [3.05, 3.63) is 58.7 Å². The van der Waals surface area contributed by atoms with Gasteiger partial charge in [0.15, 0.2) is 0 Å². The number of oxime groups is 1. The average Bonchev–Trinajstić information content (AvgIpc) is 2.67. The van der Waals surface area contributed by atoms with Crippen LogP contribution in [0.4, 0.5) is 0 Å². The van der Waals surface area contributed by atoms with Crippen LogP contribution in [0.15, 0.2) is 41.6 Å². The van der Waals surface area contributed by atoms with Crippen LogP contribution in [0.2, 0.25) is 0 Å². The van der Waals surface area contributed by atoms with E-state index in [4.69, 9.17) is 0 Å². The first-order chi connectivity index (χ1) is 16.0. The zero-order chi connectivity index (χ0) is 26.7. The lowest BCUT2D eigenvalue weighted by molar-refractivity contribution is 0.267. The van der Waals surface area contributed by atoms with E-state index < -0.39 is 0 Å². The molecule has 0 saturated carbocycles. The maximum atomic E-state index is 11.0. The van der Waals surface area contributed by atoms with Gasteiger partial charge in [0, 0.05) is 23.0 Å². The molecule has 0 radical (unpaired) electrons. The van der Waals surface area contributed by atoms with Crippen LogP contribution in [0.25, 0.3) is 0 Å². The topological polar surface area (TPSA) is 73.1 Å². The number of phenolic OH excluding ortho intramolecular Hbond substituents is 2. The van der Waals surface area contributed by atoms with Gasteiger partial charge in [-0.1, -0.05) is 84.8 Å². The molecule has 0 saturated heterocycles. The van der Waals surface area contributed by atoms with Crippen molar-refractivity contribution in [1.29, 1.82) is 0 Å². The van der Waals surface area contributed by atoms with E-state index in [2.05, 4.69) is 60.5 Å². The van der Waals surface area contributed by atoms with Gasteiger partial charge in [-0.3, -0.25) is 0 Å². The molecule has 0 aromatic heterocycles. The maximum absolute atomic E-state index is 11.0. The van der Waals surface area contributed by atoms with Crippen LogP contribution in [0.1, 0.15) is 102 Å². The van der Waals surface area contributed by atoms with Gasteiger partial charge in [-0.15, -0.1) is 0 Å². The molecule has 0 aliphatic heterocycles. The number of hydrogen-bond donors (Lipinski definition) is 3. The number of benzene rings is 2. The Balaban J connectivity index is 2.77. The molecule has 2 aromatic carbocycles. The molecular formula is C31H47NO3. The highest BCUT2D eigenvalue weighted by atomic mass is 16.4. The molecule has 194 valence electrons. The molecule has 2 rings (SSSR count). The minimum Gasteiger partial charge on any atom is -0.508 e. The molecule has 0 amide bonds. The van der Waals surface area contributed by atoms with Gasteiger partial charge >= 0.3 is 0 Å². The Hall–Kier alpha value is -2.49. The Morgan fingerprint density at radius 3 is 1.31 bits per heavy atom. The molecule has 0 bridgehead atoms. The van der Waals surface area contributed by atoms with E-state index in [1.54, 1.807) is 12.1 Å². The molecule has 4 atom stereocenters. The fourth-order valence-electron chi connectivity index (χ4n) is 5.83. The van der Waals surface area contributed by atoms with Gasteiger partial charge in [0.1, 0.15) is 11.5 Å². The minimum absolute atomic E-state index is 0.0526. The number of rotatable bonds is 8. The normalized spacial score (nSPS) is 15.8. The second kappa shape index (κ2) is 11.1. The lowest BCUT2D eigenvalue weighted by Gasteiger charge is -2.37. The zero-order valence-corrected chi connectivity index (χ0v) is 23.5. The van der Waals surface area contributed by atoms with Crippen molar-refractivity contribution < 1.29 is 15.4 Å². The predicted molar refractivity (Wildman–Crippen MR) is 147 cm³/mol. The van der Waals surface area contributed by atoms with E-state index in [1.807, 2.05) is 38.1 Å². The van der Waals surface area contributed by atoms with E-state index in [9.17, 15) is 15.4 Å². The number of aryl methyl sites for hydroxylation is 2. The second-order valence-corrected chi connectivity index (χ2v) is 13.1. The third-order valence-electron chi connectivity index (χ3n) is 6.80. The Kier molecular flexibility index (Phi) is 9.08. The van der Waals surface area contributed by atoms with Gasteiger partial charge in [-0.05, 0) is 72.6 Å². The highest BCUT2D eigenvalue weighted by Crippen LogP contribution is 2.46. The second-order valence-electron chi connectivity index (χ2n) is 13.1. The van der Waals surface area contributed by atoms with Crippen molar-refractivity contribution in [1.82, 2.24) is 0 Å². The van der Waals surface area contributed by atoms with Crippen molar-refractivity contribution in [3.63, 3.8) is 0 Å². The van der Waals surface area contributed by atoms with E-state index >= 15 is 0 Å². The third-order valence-corrected chi connectivity index (χ3v) is 6.80. The summed E-state index contributed by atoms with van der Waals surface area (Å²) in [7, 11) is 0. The highest BCUT2D eigenvalue weighted by molar-refractivity contribution is 5.97. The van der Waals surface area contributed by atoms with Gasteiger partial charge in [0.2, 0.25) is 0 Å². The van der Waals surface area contributed by atoms with Gasteiger partial charge in [-0.2, -0.15) is 0 Å². The lowest BCUT2D eigenvalue weighted by Crippen LogP contribution is -2.32. The maximum Gasteiger partial charge on any atom is 0.119 e. The molecule has 4 unspecified atom stereocenters. The summed E-state index contributed by atoms with van der Waals surface area (Å²) in [5, 5.41) is 36.6. The molecule has 4 heteroatoms. The SMILES string of the molecule is Cc1ccc(C(C(=NO)C(c2ccc(C)cc2O)C(C)CC(C)(C)C)C(C)CC(C)(C)C)c(O)c1. The van der Waals surface area contributed by atoms with Crippen molar-refractivity contribution in [3.8, 4) is 11.5 Å².